The number of H-pyrrole nitrogens is 1. The molecule has 2 aromatic rings. The summed E-state index contributed by atoms with van der Waals surface area (Å²) < 4.78 is 1.59. The molecule has 0 aromatic carbocycles. The number of aliphatic carboxylic acids is 1. The van der Waals surface area contributed by atoms with Crippen LogP contribution in [0.2, 0.25) is 0 Å². The summed E-state index contributed by atoms with van der Waals surface area (Å²) in [6.07, 6.45) is 1.40. The zero-order valence-electron chi connectivity index (χ0n) is 9.97. The first-order valence-electron chi connectivity index (χ1n) is 5.29. The third-order valence-corrected chi connectivity index (χ3v) is 2.51. The maximum absolute atomic E-state index is 11.8. The zero-order valence-corrected chi connectivity index (χ0v) is 9.97. The van der Waals surface area contributed by atoms with Gasteiger partial charge in [-0.05, 0) is 13.0 Å². The second-order valence-electron chi connectivity index (χ2n) is 3.92. The summed E-state index contributed by atoms with van der Waals surface area (Å²) in [5.74, 6) is -0.719. The smallest absolute Gasteiger partial charge is 0.308 e. The Balaban J connectivity index is 2.48. The molecule has 0 saturated heterocycles. The highest BCUT2D eigenvalue weighted by atomic mass is 16.4. The van der Waals surface area contributed by atoms with Crippen molar-refractivity contribution in [1.82, 2.24) is 19.7 Å². The molecule has 18 heavy (non-hydrogen) atoms. The van der Waals surface area contributed by atoms with Crippen molar-refractivity contribution in [3.63, 3.8) is 0 Å². The van der Waals surface area contributed by atoms with Crippen LogP contribution in [0.15, 0.2) is 17.1 Å². The van der Waals surface area contributed by atoms with E-state index in [-0.39, 0.29) is 12.0 Å². The van der Waals surface area contributed by atoms with Gasteiger partial charge in [0.15, 0.2) is 5.82 Å². The Bertz CT molecular complexity index is 657. The monoisotopic (exact) mass is 248 g/mol. The van der Waals surface area contributed by atoms with Crippen molar-refractivity contribution >= 4 is 5.97 Å². The van der Waals surface area contributed by atoms with Crippen LogP contribution >= 0.6 is 0 Å². The molecule has 0 amide bonds. The number of carboxylic acids is 1. The lowest BCUT2D eigenvalue weighted by molar-refractivity contribution is -0.136. The van der Waals surface area contributed by atoms with Crippen molar-refractivity contribution in [1.29, 1.82) is 0 Å². The Morgan fingerprint density at radius 1 is 1.56 bits per heavy atom. The Hall–Kier alpha value is -2.44. The molecular formula is C11H12N4O3. The Morgan fingerprint density at radius 2 is 2.28 bits per heavy atom. The number of nitrogens with one attached hydrogen (secondary N) is 1. The van der Waals surface area contributed by atoms with Gasteiger partial charge >= 0.3 is 5.97 Å². The average molecular weight is 248 g/mol. The minimum Gasteiger partial charge on any atom is -0.481 e. The zero-order chi connectivity index (χ0) is 13.3. The van der Waals surface area contributed by atoms with E-state index in [4.69, 9.17) is 5.11 Å². The van der Waals surface area contributed by atoms with Gasteiger partial charge in [-0.15, -0.1) is 0 Å². The molecule has 0 spiro atoms. The van der Waals surface area contributed by atoms with E-state index in [9.17, 15) is 9.59 Å². The second-order valence-corrected chi connectivity index (χ2v) is 3.92. The standard InChI is InChI=1S/C11H12N4O3/c1-6-7(5-9(16)17)11(18)13-10(12-6)8-3-4-15(2)14-8/h3-4H,5H2,1-2H3,(H,16,17)(H,12,13,18). The Morgan fingerprint density at radius 3 is 2.78 bits per heavy atom. The summed E-state index contributed by atoms with van der Waals surface area (Å²) in [6, 6.07) is 1.72. The van der Waals surface area contributed by atoms with Crippen molar-refractivity contribution in [2.45, 2.75) is 13.3 Å². The van der Waals surface area contributed by atoms with Crippen LogP contribution in [0.4, 0.5) is 0 Å². The van der Waals surface area contributed by atoms with E-state index in [0.717, 1.165) is 0 Å². The van der Waals surface area contributed by atoms with E-state index in [1.54, 1.807) is 30.9 Å². The topological polar surface area (TPSA) is 101 Å². The molecule has 2 N–H and O–H groups in total. The van der Waals surface area contributed by atoms with E-state index in [1.807, 2.05) is 0 Å². The Kier molecular flexibility index (Phi) is 2.97. The van der Waals surface area contributed by atoms with Crippen molar-refractivity contribution in [2.24, 2.45) is 7.05 Å². The lowest BCUT2D eigenvalue weighted by Crippen LogP contribution is -2.20. The van der Waals surface area contributed by atoms with Gasteiger partial charge < -0.3 is 10.1 Å². The van der Waals surface area contributed by atoms with Gasteiger partial charge in [0.25, 0.3) is 5.56 Å². The maximum Gasteiger partial charge on any atom is 0.308 e. The molecule has 2 rings (SSSR count). The summed E-state index contributed by atoms with van der Waals surface area (Å²) in [6.45, 7) is 1.61. The number of rotatable bonds is 3. The van der Waals surface area contributed by atoms with Crippen LogP contribution in [0.25, 0.3) is 11.5 Å². The fourth-order valence-electron chi connectivity index (χ4n) is 1.63. The first kappa shape index (κ1) is 12.0. The van der Waals surface area contributed by atoms with Gasteiger partial charge in [-0.1, -0.05) is 0 Å². The second kappa shape index (κ2) is 4.44. The first-order valence-corrected chi connectivity index (χ1v) is 5.29. The molecule has 0 saturated carbocycles. The quantitative estimate of drug-likeness (QED) is 0.802. The normalized spacial score (nSPS) is 10.6. The predicted molar refractivity (Wildman–Crippen MR) is 63.1 cm³/mol. The van der Waals surface area contributed by atoms with Crippen LogP contribution in [0, 0.1) is 6.92 Å². The van der Waals surface area contributed by atoms with Crippen LogP contribution in [-0.2, 0) is 18.3 Å². The van der Waals surface area contributed by atoms with Gasteiger partial charge in [0.05, 0.1) is 6.42 Å². The summed E-state index contributed by atoms with van der Waals surface area (Å²) in [4.78, 5) is 29.1. The predicted octanol–water partition coefficient (Wildman–Crippen LogP) is 0.106. The van der Waals surface area contributed by atoms with E-state index < -0.39 is 11.5 Å². The van der Waals surface area contributed by atoms with Gasteiger partial charge in [-0.3, -0.25) is 14.3 Å². The number of aromatic amines is 1. The molecule has 7 heteroatoms. The van der Waals surface area contributed by atoms with Gasteiger partial charge in [0.1, 0.15) is 5.69 Å². The molecule has 0 unspecified atom stereocenters. The van der Waals surface area contributed by atoms with Crippen LogP contribution in [0.3, 0.4) is 0 Å². The van der Waals surface area contributed by atoms with Gasteiger partial charge in [-0.25, -0.2) is 4.98 Å². The fraction of sp³-hybridized carbons (Fsp3) is 0.273. The number of carboxylic acid groups (broad SMARTS) is 1. The molecular weight excluding hydrogens is 236 g/mol. The number of hydrogen-bond acceptors (Lipinski definition) is 4. The summed E-state index contributed by atoms with van der Waals surface area (Å²) in [5.41, 5.74) is 0.675. The number of aromatic nitrogens is 4. The largest absolute Gasteiger partial charge is 0.481 e. The molecule has 0 bridgehead atoms. The highest BCUT2D eigenvalue weighted by Crippen LogP contribution is 2.11. The van der Waals surface area contributed by atoms with Crippen molar-refractivity contribution in [2.75, 3.05) is 0 Å². The maximum atomic E-state index is 11.8. The number of nitrogens with zero attached hydrogens (tertiary/aromatic N) is 3. The van der Waals surface area contributed by atoms with Gasteiger partial charge in [-0.2, -0.15) is 5.10 Å². The minimum absolute atomic E-state index is 0.169. The first-order chi connectivity index (χ1) is 8.47. The lowest BCUT2D eigenvalue weighted by atomic mass is 10.1. The van der Waals surface area contributed by atoms with Gasteiger partial charge in [0, 0.05) is 24.5 Å². The van der Waals surface area contributed by atoms with Crippen LogP contribution in [0.5, 0.6) is 0 Å². The number of aryl methyl sites for hydroxylation is 2. The Labute approximate surface area is 102 Å². The van der Waals surface area contributed by atoms with E-state index in [0.29, 0.717) is 17.2 Å². The molecule has 0 aliphatic rings. The third-order valence-electron chi connectivity index (χ3n) is 2.51. The number of hydrogen-bond donors (Lipinski definition) is 2. The molecule has 2 heterocycles. The molecule has 0 aliphatic carbocycles. The molecule has 0 atom stereocenters. The van der Waals surface area contributed by atoms with Gasteiger partial charge in [0.2, 0.25) is 0 Å². The van der Waals surface area contributed by atoms with Crippen molar-refractivity contribution < 1.29 is 9.90 Å². The molecule has 0 aliphatic heterocycles. The van der Waals surface area contributed by atoms with Crippen LogP contribution in [0.1, 0.15) is 11.3 Å². The van der Waals surface area contributed by atoms with E-state index >= 15 is 0 Å². The van der Waals surface area contributed by atoms with Crippen molar-refractivity contribution in [3.8, 4) is 11.5 Å². The third kappa shape index (κ3) is 2.29. The summed E-state index contributed by atoms with van der Waals surface area (Å²) in [7, 11) is 1.76. The summed E-state index contributed by atoms with van der Waals surface area (Å²) in [5, 5.41) is 12.8. The molecule has 2 aromatic heterocycles. The minimum atomic E-state index is -1.06. The van der Waals surface area contributed by atoms with Crippen molar-refractivity contribution in [3.05, 3.63) is 33.9 Å². The lowest BCUT2D eigenvalue weighted by Gasteiger charge is -2.03. The molecule has 0 fully saturated rings. The fourth-order valence-corrected chi connectivity index (χ4v) is 1.63. The molecule has 94 valence electrons. The molecule has 0 radical (unpaired) electrons. The van der Waals surface area contributed by atoms with E-state index in [1.165, 1.54) is 0 Å². The van der Waals surface area contributed by atoms with E-state index in [2.05, 4.69) is 15.1 Å². The highest BCUT2D eigenvalue weighted by Gasteiger charge is 2.13. The van der Waals surface area contributed by atoms with Crippen LogP contribution in [-0.4, -0.2) is 30.8 Å². The highest BCUT2D eigenvalue weighted by molar-refractivity contribution is 5.70. The number of carbonyl (C=O) groups is 1. The van der Waals surface area contributed by atoms with Crippen LogP contribution < -0.4 is 5.56 Å². The SMILES string of the molecule is Cc1nc(-c2ccn(C)n2)[nH]c(=O)c1CC(=O)O. The summed E-state index contributed by atoms with van der Waals surface area (Å²) >= 11 is 0. The molecule has 7 nitrogen and oxygen atoms in total. The average Bonchev–Trinajstić information content (AvgIpc) is 2.70.